The van der Waals surface area contributed by atoms with Crippen LogP contribution in [0.2, 0.25) is 0 Å². The van der Waals surface area contributed by atoms with Gasteiger partial charge in [0.15, 0.2) is 0 Å². The molecule has 3 heterocycles. The van der Waals surface area contributed by atoms with Crippen molar-refractivity contribution in [3.8, 4) is 11.1 Å². The van der Waals surface area contributed by atoms with Crippen LogP contribution >= 0.6 is 11.3 Å². The zero-order chi connectivity index (χ0) is 21.4. The molecule has 0 amide bonds. The Morgan fingerprint density at radius 1 is 0.871 bits per heavy atom. The number of aromatic amines is 2. The van der Waals surface area contributed by atoms with Crippen molar-refractivity contribution in [1.82, 2.24) is 24.8 Å². The summed E-state index contributed by atoms with van der Waals surface area (Å²) in [4.78, 5) is 42.7. The maximum absolute atomic E-state index is 12.8. The van der Waals surface area contributed by atoms with Crippen LogP contribution in [0.4, 0.5) is 0 Å². The summed E-state index contributed by atoms with van der Waals surface area (Å²) < 4.78 is 0. The van der Waals surface area contributed by atoms with E-state index in [-0.39, 0.29) is 11.1 Å². The molecule has 0 aliphatic rings. The van der Waals surface area contributed by atoms with Gasteiger partial charge in [-0.15, -0.1) is 11.3 Å². The van der Waals surface area contributed by atoms with E-state index in [1.54, 1.807) is 6.07 Å². The number of fused-ring (bicyclic) bond motifs is 2. The van der Waals surface area contributed by atoms with Gasteiger partial charge in [-0.1, -0.05) is 42.5 Å². The Morgan fingerprint density at radius 3 is 2.35 bits per heavy atom. The predicted octanol–water partition coefficient (Wildman–Crippen LogP) is 3.52. The number of nitrogens with one attached hydrogen (secondary N) is 2. The van der Waals surface area contributed by atoms with Crippen molar-refractivity contribution in [2.24, 2.45) is 0 Å². The number of H-pyrrole nitrogens is 2. The minimum Gasteiger partial charge on any atom is -0.309 e. The molecule has 0 spiro atoms. The van der Waals surface area contributed by atoms with Gasteiger partial charge in [-0.05, 0) is 24.7 Å². The second-order valence-corrected chi connectivity index (χ2v) is 8.27. The van der Waals surface area contributed by atoms with Crippen molar-refractivity contribution >= 4 is 32.5 Å². The number of rotatable bonds is 5. The smallest absolute Gasteiger partial charge is 0.260 e. The summed E-state index contributed by atoms with van der Waals surface area (Å²) in [6, 6.07) is 17.1. The number of nitrogens with zero attached hydrogens (tertiary/aromatic N) is 3. The fourth-order valence-electron chi connectivity index (χ4n) is 3.68. The molecule has 0 unspecified atom stereocenters. The van der Waals surface area contributed by atoms with Gasteiger partial charge in [0, 0.05) is 10.9 Å². The van der Waals surface area contributed by atoms with E-state index in [0.29, 0.717) is 45.9 Å². The highest BCUT2D eigenvalue weighted by atomic mass is 32.1. The van der Waals surface area contributed by atoms with E-state index < -0.39 is 0 Å². The summed E-state index contributed by atoms with van der Waals surface area (Å²) >= 11 is 1.46. The number of benzene rings is 2. The van der Waals surface area contributed by atoms with E-state index in [2.05, 4.69) is 19.9 Å². The summed E-state index contributed by atoms with van der Waals surface area (Å²) in [6.07, 6.45) is 0. The third-order valence-corrected chi connectivity index (χ3v) is 5.95. The van der Waals surface area contributed by atoms with E-state index in [4.69, 9.17) is 0 Å². The number of aromatic nitrogens is 4. The SMILES string of the molecule is CN(Cc1nc2ccccc2c(=O)[nH]1)Cc1nc2scc(-c3ccccc3)c2c(=O)[nH]1. The summed E-state index contributed by atoms with van der Waals surface area (Å²) in [7, 11) is 1.89. The Balaban J connectivity index is 1.41. The molecule has 0 bridgehead atoms. The predicted molar refractivity (Wildman–Crippen MR) is 123 cm³/mol. The number of hydrogen-bond acceptors (Lipinski definition) is 6. The Kier molecular flexibility index (Phi) is 4.93. The average molecular weight is 430 g/mol. The van der Waals surface area contributed by atoms with Crippen molar-refractivity contribution in [3.63, 3.8) is 0 Å². The molecule has 8 heteroatoms. The average Bonchev–Trinajstić information content (AvgIpc) is 3.19. The molecule has 0 saturated carbocycles. The van der Waals surface area contributed by atoms with Crippen molar-refractivity contribution in [3.05, 3.63) is 92.3 Å². The van der Waals surface area contributed by atoms with Gasteiger partial charge < -0.3 is 9.97 Å². The molecule has 154 valence electrons. The summed E-state index contributed by atoms with van der Waals surface area (Å²) in [6.45, 7) is 0.835. The number of thiophene rings is 1. The molecule has 5 rings (SSSR count). The molecule has 7 nitrogen and oxygen atoms in total. The second kappa shape index (κ2) is 7.90. The molecule has 0 fully saturated rings. The molecule has 0 saturated heterocycles. The quantitative estimate of drug-likeness (QED) is 0.446. The second-order valence-electron chi connectivity index (χ2n) is 7.41. The normalized spacial score (nSPS) is 11.5. The zero-order valence-corrected chi connectivity index (χ0v) is 17.6. The van der Waals surface area contributed by atoms with Gasteiger partial charge in [-0.3, -0.25) is 14.5 Å². The Bertz CT molecular complexity index is 1500. The molecular weight excluding hydrogens is 410 g/mol. The first-order valence-electron chi connectivity index (χ1n) is 9.81. The van der Waals surface area contributed by atoms with Gasteiger partial charge in [0.2, 0.25) is 0 Å². The topological polar surface area (TPSA) is 94.7 Å². The molecule has 2 N–H and O–H groups in total. The van der Waals surface area contributed by atoms with Crippen molar-refractivity contribution in [1.29, 1.82) is 0 Å². The minimum absolute atomic E-state index is 0.147. The fraction of sp³-hybridized carbons (Fsp3) is 0.130. The Morgan fingerprint density at radius 2 is 1.55 bits per heavy atom. The first-order valence-corrected chi connectivity index (χ1v) is 10.7. The molecule has 0 aliphatic carbocycles. The van der Waals surface area contributed by atoms with Crippen LogP contribution in [0.15, 0.2) is 69.6 Å². The summed E-state index contributed by atoms with van der Waals surface area (Å²) in [5, 5.41) is 3.15. The first kappa shape index (κ1) is 19.3. The fourth-order valence-corrected chi connectivity index (χ4v) is 4.64. The lowest BCUT2D eigenvalue weighted by Crippen LogP contribution is -2.24. The van der Waals surface area contributed by atoms with E-state index in [9.17, 15) is 9.59 Å². The molecule has 0 radical (unpaired) electrons. The maximum atomic E-state index is 12.8. The van der Waals surface area contributed by atoms with E-state index in [0.717, 1.165) is 11.1 Å². The summed E-state index contributed by atoms with van der Waals surface area (Å²) in [5.41, 5.74) is 2.25. The first-order chi connectivity index (χ1) is 15.1. The van der Waals surface area contributed by atoms with E-state index in [1.807, 2.05) is 65.9 Å². The van der Waals surface area contributed by atoms with Crippen LogP contribution in [0.3, 0.4) is 0 Å². The molecule has 0 atom stereocenters. The van der Waals surface area contributed by atoms with Gasteiger partial charge >= 0.3 is 0 Å². The van der Waals surface area contributed by atoms with Crippen LogP contribution in [-0.4, -0.2) is 31.9 Å². The molecule has 0 aliphatic heterocycles. The highest BCUT2D eigenvalue weighted by Gasteiger charge is 2.14. The van der Waals surface area contributed by atoms with Crippen LogP contribution in [0, 0.1) is 0 Å². The summed E-state index contributed by atoms with van der Waals surface area (Å²) in [5.74, 6) is 1.14. The highest BCUT2D eigenvalue weighted by molar-refractivity contribution is 7.17. The lowest BCUT2D eigenvalue weighted by Gasteiger charge is -2.15. The monoisotopic (exact) mass is 429 g/mol. The largest absolute Gasteiger partial charge is 0.309 e. The van der Waals surface area contributed by atoms with Crippen molar-refractivity contribution < 1.29 is 0 Å². The van der Waals surface area contributed by atoms with Crippen LogP contribution < -0.4 is 11.1 Å². The van der Waals surface area contributed by atoms with Crippen LogP contribution in [0.25, 0.3) is 32.2 Å². The highest BCUT2D eigenvalue weighted by Crippen LogP contribution is 2.30. The number of para-hydroxylation sites is 1. The van der Waals surface area contributed by atoms with Crippen LogP contribution in [-0.2, 0) is 13.1 Å². The lowest BCUT2D eigenvalue weighted by atomic mass is 10.1. The minimum atomic E-state index is -0.158. The van der Waals surface area contributed by atoms with Gasteiger partial charge in [-0.2, -0.15) is 0 Å². The lowest BCUT2D eigenvalue weighted by molar-refractivity contribution is 0.303. The Hall–Kier alpha value is -3.62. The van der Waals surface area contributed by atoms with Crippen LogP contribution in [0.5, 0.6) is 0 Å². The molecule has 3 aromatic heterocycles. The third-order valence-electron chi connectivity index (χ3n) is 5.08. The zero-order valence-electron chi connectivity index (χ0n) is 16.8. The van der Waals surface area contributed by atoms with Crippen LogP contribution in [0.1, 0.15) is 11.6 Å². The molecule has 5 aromatic rings. The van der Waals surface area contributed by atoms with Gasteiger partial charge in [0.05, 0.1) is 29.4 Å². The molecule has 2 aromatic carbocycles. The van der Waals surface area contributed by atoms with Crippen molar-refractivity contribution in [2.45, 2.75) is 13.1 Å². The van der Waals surface area contributed by atoms with Gasteiger partial charge in [0.25, 0.3) is 11.1 Å². The van der Waals surface area contributed by atoms with Gasteiger partial charge in [-0.25, -0.2) is 9.97 Å². The van der Waals surface area contributed by atoms with Gasteiger partial charge in [0.1, 0.15) is 16.5 Å². The number of hydrogen-bond donors (Lipinski definition) is 2. The third kappa shape index (κ3) is 3.78. The molecular formula is C23H19N5O2S. The Labute approximate surface area is 181 Å². The van der Waals surface area contributed by atoms with E-state index >= 15 is 0 Å². The maximum Gasteiger partial charge on any atom is 0.260 e. The standard InChI is InChI=1S/C23H19N5O2S/c1-28(11-18-24-17-10-6-5-9-15(17)21(29)25-18)12-19-26-22(30)20-16(13-31-23(20)27-19)14-7-3-2-4-8-14/h2-10,13H,11-12H2,1H3,(H,24,25,29)(H,26,27,30). The van der Waals surface area contributed by atoms with E-state index in [1.165, 1.54) is 11.3 Å². The van der Waals surface area contributed by atoms with Crippen molar-refractivity contribution in [2.75, 3.05) is 7.05 Å². The molecule has 31 heavy (non-hydrogen) atoms.